The van der Waals surface area contributed by atoms with E-state index in [1.165, 1.54) is 16.3 Å². The number of hydrogen-bond acceptors (Lipinski definition) is 3. The van der Waals surface area contributed by atoms with Gasteiger partial charge in [0.15, 0.2) is 5.16 Å². The van der Waals surface area contributed by atoms with Gasteiger partial charge in [0.05, 0.1) is 5.69 Å². The highest BCUT2D eigenvalue weighted by molar-refractivity contribution is 7.98. The van der Waals surface area contributed by atoms with Crippen LogP contribution >= 0.6 is 35.0 Å². The summed E-state index contributed by atoms with van der Waals surface area (Å²) in [4.78, 5) is 16.4. The van der Waals surface area contributed by atoms with Gasteiger partial charge < -0.3 is 0 Å². The molecule has 1 aromatic heterocycles. The van der Waals surface area contributed by atoms with Crippen LogP contribution in [0.5, 0.6) is 0 Å². The van der Waals surface area contributed by atoms with E-state index >= 15 is 0 Å². The van der Waals surface area contributed by atoms with Crippen molar-refractivity contribution in [2.75, 3.05) is 6.26 Å². The van der Waals surface area contributed by atoms with Crippen molar-refractivity contribution in [3.63, 3.8) is 0 Å². The van der Waals surface area contributed by atoms with E-state index in [-0.39, 0.29) is 10.6 Å². The molecule has 0 bridgehead atoms. The average molecular weight is 301 g/mol. The lowest BCUT2D eigenvalue weighted by atomic mass is 10.1. The minimum Gasteiger partial charge on any atom is -0.289 e. The van der Waals surface area contributed by atoms with Gasteiger partial charge in [-0.3, -0.25) is 9.36 Å². The molecular weight excluding hydrogens is 291 g/mol. The van der Waals surface area contributed by atoms with Crippen LogP contribution in [0.1, 0.15) is 0 Å². The zero-order chi connectivity index (χ0) is 13.3. The highest BCUT2D eigenvalue weighted by Crippen LogP contribution is 2.26. The van der Waals surface area contributed by atoms with E-state index in [1.54, 1.807) is 31.3 Å². The first-order chi connectivity index (χ1) is 8.54. The fourth-order valence-electron chi connectivity index (χ4n) is 1.54. The van der Waals surface area contributed by atoms with Crippen molar-refractivity contribution < 1.29 is 0 Å². The first kappa shape index (κ1) is 13.5. The Bertz CT molecular complexity index is 638. The van der Waals surface area contributed by atoms with Crippen LogP contribution in [0.15, 0.2) is 34.2 Å². The molecule has 0 aliphatic heterocycles. The van der Waals surface area contributed by atoms with Gasteiger partial charge in [-0.2, -0.15) is 0 Å². The topological polar surface area (TPSA) is 34.9 Å². The largest absolute Gasteiger partial charge is 0.289 e. The minimum absolute atomic E-state index is 0.123. The van der Waals surface area contributed by atoms with Crippen molar-refractivity contribution in [2.24, 2.45) is 7.05 Å². The Hall–Kier alpha value is -0.970. The molecule has 18 heavy (non-hydrogen) atoms. The lowest BCUT2D eigenvalue weighted by Gasteiger charge is -2.09. The number of thioether (sulfide) groups is 1. The van der Waals surface area contributed by atoms with Gasteiger partial charge in [0.1, 0.15) is 5.02 Å². The fraction of sp³-hybridized carbons (Fsp3) is 0.167. The monoisotopic (exact) mass is 300 g/mol. The number of nitrogens with zero attached hydrogens (tertiary/aromatic N) is 2. The molecule has 0 N–H and O–H groups in total. The van der Waals surface area contributed by atoms with Crippen LogP contribution in [-0.4, -0.2) is 15.8 Å². The molecule has 0 amide bonds. The van der Waals surface area contributed by atoms with E-state index in [9.17, 15) is 4.79 Å². The number of hydrogen-bond donors (Lipinski definition) is 0. The third kappa shape index (κ3) is 2.41. The van der Waals surface area contributed by atoms with Gasteiger partial charge in [0.2, 0.25) is 0 Å². The SMILES string of the molecule is CSc1nc(-c2ccc(Cl)cc2)c(Cl)c(=O)n1C. The summed E-state index contributed by atoms with van der Waals surface area (Å²) >= 11 is 13.3. The zero-order valence-corrected chi connectivity index (χ0v) is 12.1. The van der Waals surface area contributed by atoms with Gasteiger partial charge in [-0.15, -0.1) is 0 Å². The van der Waals surface area contributed by atoms with E-state index in [2.05, 4.69) is 4.98 Å². The summed E-state index contributed by atoms with van der Waals surface area (Å²) < 4.78 is 1.44. The molecule has 2 rings (SSSR count). The quantitative estimate of drug-likeness (QED) is 0.629. The van der Waals surface area contributed by atoms with E-state index in [4.69, 9.17) is 23.2 Å². The van der Waals surface area contributed by atoms with Gasteiger partial charge in [0, 0.05) is 17.6 Å². The summed E-state index contributed by atoms with van der Waals surface area (Å²) in [5.41, 5.74) is 1.01. The second-order valence-corrected chi connectivity index (χ2v) is 5.22. The summed E-state index contributed by atoms with van der Waals surface area (Å²) in [6, 6.07) is 7.07. The molecule has 0 fully saturated rings. The van der Waals surface area contributed by atoms with Crippen molar-refractivity contribution in [2.45, 2.75) is 5.16 Å². The number of rotatable bonds is 2. The summed E-state index contributed by atoms with van der Waals surface area (Å²) in [7, 11) is 1.65. The van der Waals surface area contributed by atoms with Crippen molar-refractivity contribution in [3.8, 4) is 11.3 Å². The van der Waals surface area contributed by atoms with Crippen LogP contribution in [0, 0.1) is 0 Å². The summed E-state index contributed by atoms with van der Waals surface area (Å²) in [6.45, 7) is 0. The lowest BCUT2D eigenvalue weighted by molar-refractivity contribution is 0.713. The molecule has 3 nitrogen and oxygen atoms in total. The van der Waals surface area contributed by atoms with Crippen LogP contribution in [0.3, 0.4) is 0 Å². The molecule has 1 heterocycles. The van der Waals surface area contributed by atoms with Crippen LogP contribution < -0.4 is 5.56 Å². The van der Waals surface area contributed by atoms with E-state index < -0.39 is 0 Å². The second-order valence-electron chi connectivity index (χ2n) is 3.63. The molecule has 6 heteroatoms. The smallest absolute Gasteiger partial charge is 0.273 e. The molecule has 0 atom stereocenters. The molecule has 1 aromatic carbocycles. The fourth-order valence-corrected chi connectivity index (χ4v) is 2.48. The van der Waals surface area contributed by atoms with Crippen molar-refractivity contribution in [3.05, 3.63) is 44.7 Å². The Balaban J connectivity index is 2.68. The third-order valence-electron chi connectivity index (χ3n) is 2.49. The van der Waals surface area contributed by atoms with Crippen molar-refractivity contribution in [1.29, 1.82) is 0 Å². The zero-order valence-electron chi connectivity index (χ0n) is 9.78. The van der Waals surface area contributed by atoms with Gasteiger partial charge in [0.25, 0.3) is 5.56 Å². The molecule has 0 saturated heterocycles. The van der Waals surface area contributed by atoms with Crippen LogP contribution in [-0.2, 0) is 7.05 Å². The molecule has 0 aliphatic carbocycles. The lowest BCUT2D eigenvalue weighted by Crippen LogP contribution is -2.21. The molecule has 94 valence electrons. The maximum atomic E-state index is 12.0. The van der Waals surface area contributed by atoms with Crippen LogP contribution in [0.2, 0.25) is 10.0 Å². The van der Waals surface area contributed by atoms with Crippen molar-refractivity contribution in [1.82, 2.24) is 9.55 Å². The van der Waals surface area contributed by atoms with Crippen LogP contribution in [0.25, 0.3) is 11.3 Å². The average Bonchev–Trinajstić information content (AvgIpc) is 2.38. The third-order valence-corrected chi connectivity index (χ3v) is 3.82. The molecule has 0 radical (unpaired) electrons. The first-order valence-electron chi connectivity index (χ1n) is 5.11. The highest BCUT2D eigenvalue weighted by Gasteiger charge is 2.13. The minimum atomic E-state index is -0.249. The van der Waals surface area contributed by atoms with E-state index in [0.29, 0.717) is 15.9 Å². The molecule has 0 spiro atoms. The van der Waals surface area contributed by atoms with Gasteiger partial charge in [-0.25, -0.2) is 4.98 Å². The predicted molar refractivity (Wildman–Crippen MR) is 76.7 cm³/mol. The van der Waals surface area contributed by atoms with Crippen molar-refractivity contribution >= 4 is 35.0 Å². The summed E-state index contributed by atoms with van der Waals surface area (Å²) in [6.07, 6.45) is 1.86. The molecular formula is C12H10Cl2N2OS. The number of halogens is 2. The highest BCUT2D eigenvalue weighted by atomic mass is 35.5. The number of aromatic nitrogens is 2. The Morgan fingerprint density at radius 1 is 1.22 bits per heavy atom. The van der Waals surface area contributed by atoms with Crippen LogP contribution in [0.4, 0.5) is 0 Å². The standard InChI is InChI=1S/C12H10Cl2N2OS/c1-16-11(17)9(14)10(15-12(16)18-2)7-3-5-8(13)6-4-7/h3-6H,1-2H3. The maximum absolute atomic E-state index is 12.0. The Morgan fingerprint density at radius 2 is 1.83 bits per heavy atom. The summed E-state index contributed by atoms with van der Waals surface area (Å²) in [5.74, 6) is 0. The Kier molecular flexibility index (Phi) is 4.00. The van der Waals surface area contributed by atoms with Gasteiger partial charge in [-0.05, 0) is 18.4 Å². The summed E-state index contributed by atoms with van der Waals surface area (Å²) in [5, 5.41) is 1.37. The molecule has 0 aliphatic rings. The predicted octanol–water partition coefficient (Wildman–Crippen LogP) is 3.48. The van der Waals surface area contributed by atoms with E-state index in [1.807, 2.05) is 6.26 Å². The molecule has 2 aromatic rings. The number of benzene rings is 1. The van der Waals surface area contributed by atoms with E-state index in [0.717, 1.165) is 5.56 Å². The first-order valence-corrected chi connectivity index (χ1v) is 7.09. The van der Waals surface area contributed by atoms with Gasteiger partial charge >= 0.3 is 0 Å². The normalized spacial score (nSPS) is 10.7. The van der Waals surface area contributed by atoms with Gasteiger partial charge in [-0.1, -0.05) is 47.1 Å². The maximum Gasteiger partial charge on any atom is 0.273 e. The molecule has 0 saturated carbocycles. The Morgan fingerprint density at radius 3 is 2.39 bits per heavy atom. The molecule has 0 unspecified atom stereocenters. The Labute approximate surface area is 119 Å². The second kappa shape index (κ2) is 5.34.